The molecule has 0 saturated carbocycles. The Bertz CT molecular complexity index is 552. The maximum absolute atomic E-state index is 6.27. The number of halogens is 1. The third kappa shape index (κ3) is 2.85. The van der Waals surface area contributed by atoms with Gasteiger partial charge < -0.3 is 14.2 Å². The molecule has 2 saturated heterocycles. The number of benzene rings is 1. The number of hydrogen-bond acceptors (Lipinski definition) is 4. The third-order valence-electron chi connectivity index (χ3n) is 4.95. The Kier molecular flexibility index (Phi) is 4.03. The molecule has 22 heavy (non-hydrogen) atoms. The molecule has 0 bridgehead atoms. The summed E-state index contributed by atoms with van der Waals surface area (Å²) in [4.78, 5) is 2.47. The van der Waals surface area contributed by atoms with Gasteiger partial charge in [-0.1, -0.05) is 11.6 Å². The molecular weight excluding hydrogens is 302 g/mol. The first-order valence-electron chi connectivity index (χ1n) is 8.12. The van der Waals surface area contributed by atoms with Gasteiger partial charge in [-0.05, 0) is 17.7 Å². The average Bonchev–Trinajstić information content (AvgIpc) is 2.96. The molecule has 2 fully saturated rings. The van der Waals surface area contributed by atoms with Crippen LogP contribution in [-0.4, -0.2) is 50.0 Å². The molecule has 3 heterocycles. The molecule has 5 heteroatoms. The molecule has 1 aromatic rings. The Morgan fingerprint density at radius 1 is 1.14 bits per heavy atom. The zero-order valence-electron chi connectivity index (χ0n) is 12.8. The van der Waals surface area contributed by atoms with Crippen LogP contribution >= 0.6 is 11.6 Å². The Morgan fingerprint density at radius 2 is 2.00 bits per heavy atom. The van der Waals surface area contributed by atoms with Crippen molar-refractivity contribution in [3.8, 4) is 5.75 Å². The molecular formula is C17H22ClNO3. The molecule has 4 rings (SSSR count). The number of fused-ring (bicyclic) bond motifs is 1. The summed E-state index contributed by atoms with van der Waals surface area (Å²) in [7, 11) is 0. The first kappa shape index (κ1) is 14.8. The largest absolute Gasteiger partial charge is 0.493 e. The van der Waals surface area contributed by atoms with Gasteiger partial charge in [-0.3, -0.25) is 4.90 Å². The Hall–Kier alpha value is -0.810. The summed E-state index contributed by atoms with van der Waals surface area (Å²) >= 11 is 6.27. The maximum atomic E-state index is 6.27. The van der Waals surface area contributed by atoms with Crippen LogP contribution in [-0.2, 0) is 22.4 Å². The van der Waals surface area contributed by atoms with Crippen molar-refractivity contribution in [1.82, 2.24) is 4.90 Å². The number of ether oxygens (including phenoxy) is 3. The molecule has 0 unspecified atom stereocenters. The van der Waals surface area contributed by atoms with Gasteiger partial charge in [-0.25, -0.2) is 0 Å². The van der Waals surface area contributed by atoms with Crippen LogP contribution in [0.2, 0.25) is 5.02 Å². The predicted octanol–water partition coefficient (Wildman–Crippen LogP) is 2.66. The maximum Gasteiger partial charge on any atom is 0.127 e. The summed E-state index contributed by atoms with van der Waals surface area (Å²) in [6.07, 6.45) is 2.95. The minimum Gasteiger partial charge on any atom is -0.493 e. The summed E-state index contributed by atoms with van der Waals surface area (Å²) in [6.45, 7) is 6.00. The molecule has 3 aliphatic heterocycles. The smallest absolute Gasteiger partial charge is 0.127 e. The van der Waals surface area contributed by atoms with Crippen molar-refractivity contribution in [2.45, 2.75) is 31.4 Å². The van der Waals surface area contributed by atoms with Crippen molar-refractivity contribution in [2.75, 3.05) is 39.5 Å². The highest BCUT2D eigenvalue weighted by Gasteiger charge is 2.38. The van der Waals surface area contributed by atoms with Crippen LogP contribution in [0.25, 0.3) is 0 Å². The van der Waals surface area contributed by atoms with E-state index in [4.69, 9.17) is 25.8 Å². The van der Waals surface area contributed by atoms with Crippen molar-refractivity contribution in [3.63, 3.8) is 0 Å². The van der Waals surface area contributed by atoms with E-state index in [0.29, 0.717) is 0 Å². The van der Waals surface area contributed by atoms with Crippen LogP contribution < -0.4 is 4.74 Å². The minimum atomic E-state index is -0.0148. The normalized spacial score (nSPS) is 24.2. The molecule has 4 nitrogen and oxygen atoms in total. The lowest BCUT2D eigenvalue weighted by atomic mass is 9.92. The van der Waals surface area contributed by atoms with E-state index in [1.54, 1.807) is 0 Å². The van der Waals surface area contributed by atoms with Crippen molar-refractivity contribution in [2.24, 2.45) is 0 Å². The number of hydrogen-bond donors (Lipinski definition) is 0. The highest BCUT2D eigenvalue weighted by Crippen LogP contribution is 2.35. The standard InChI is InChI=1S/C17H22ClNO3/c18-15-9-13-1-5-21-16(13)14(10-15)11-19-4-8-22-17(12-19)2-6-20-7-3-17/h9-10H,1-8,11-12H2. The zero-order valence-corrected chi connectivity index (χ0v) is 13.5. The first-order chi connectivity index (χ1) is 10.7. The van der Waals surface area contributed by atoms with Crippen molar-refractivity contribution in [1.29, 1.82) is 0 Å². The average molecular weight is 324 g/mol. The molecule has 1 spiro atoms. The van der Waals surface area contributed by atoms with E-state index in [2.05, 4.69) is 11.0 Å². The van der Waals surface area contributed by atoms with Crippen molar-refractivity contribution in [3.05, 3.63) is 28.3 Å². The van der Waals surface area contributed by atoms with Gasteiger partial charge in [-0.2, -0.15) is 0 Å². The lowest BCUT2D eigenvalue weighted by molar-refractivity contribution is -0.155. The molecule has 0 atom stereocenters. The highest BCUT2D eigenvalue weighted by atomic mass is 35.5. The van der Waals surface area contributed by atoms with Crippen LogP contribution in [0.15, 0.2) is 12.1 Å². The van der Waals surface area contributed by atoms with Crippen LogP contribution in [0, 0.1) is 0 Å². The number of rotatable bonds is 2. The van der Waals surface area contributed by atoms with E-state index in [0.717, 1.165) is 76.1 Å². The van der Waals surface area contributed by atoms with Crippen LogP contribution in [0.3, 0.4) is 0 Å². The minimum absolute atomic E-state index is 0.0148. The highest BCUT2D eigenvalue weighted by molar-refractivity contribution is 6.30. The molecule has 120 valence electrons. The van der Waals surface area contributed by atoms with E-state index in [-0.39, 0.29) is 5.60 Å². The first-order valence-corrected chi connectivity index (χ1v) is 8.50. The Morgan fingerprint density at radius 3 is 2.86 bits per heavy atom. The molecule has 0 aromatic heterocycles. The topological polar surface area (TPSA) is 30.9 Å². The van der Waals surface area contributed by atoms with E-state index < -0.39 is 0 Å². The third-order valence-corrected chi connectivity index (χ3v) is 5.17. The fourth-order valence-electron chi connectivity index (χ4n) is 3.81. The van der Waals surface area contributed by atoms with Gasteiger partial charge in [0.15, 0.2) is 0 Å². The van der Waals surface area contributed by atoms with E-state index >= 15 is 0 Å². The second-order valence-electron chi connectivity index (χ2n) is 6.51. The van der Waals surface area contributed by atoms with Gasteiger partial charge in [0.25, 0.3) is 0 Å². The van der Waals surface area contributed by atoms with E-state index in [9.17, 15) is 0 Å². The van der Waals surface area contributed by atoms with Crippen LogP contribution in [0.4, 0.5) is 0 Å². The lowest BCUT2D eigenvalue weighted by Gasteiger charge is -2.45. The second kappa shape index (κ2) is 6.00. The molecule has 0 aliphatic carbocycles. The zero-order chi connectivity index (χ0) is 15.0. The van der Waals surface area contributed by atoms with Gasteiger partial charge >= 0.3 is 0 Å². The van der Waals surface area contributed by atoms with E-state index in [1.807, 2.05) is 6.07 Å². The van der Waals surface area contributed by atoms with Crippen molar-refractivity contribution >= 4 is 11.6 Å². The summed E-state index contributed by atoms with van der Waals surface area (Å²) in [5, 5.41) is 0.813. The molecule has 0 amide bonds. The Balaban J connectivity index is 1.51. The monoisotopic (exact) mass is 323 g/mol. The summed E-state index contributed by atoms with van der Waals surface area (Å²) < 4.78 is 17.4. The fraction of sp³-hybridized carbons (Fsp3) is 0.647. The van der Waals surface area contributed by atoms with Crippen LogP contribution in [0.5, 0.6) is 5.75 Å². The molecule has 0 radical (unpaired) electrons. The Labute approximate surface area is 136 Å². The molecule has 3 aliphatic rings. The van der Waals surface area contributed by atoms with Gasteiger partial charge in [0.05, 0.1) is 18.8 Å². The van der Waals surface area contributed by atoms with Crippen LogP contribution in [0.1, 0.15) is 24.0 Å². The lowest BCUT2D eigenvalue weighted by Crippen LogP contribution is -2.54. The fourth-order valence-corrected chi connectivity index (χ4v) is 4.07. The second-order valence-corrected chi connectivity index (χ2v) is 6.94. The predicted molar refractivity (Wildman–Crippen MR) is 84.7 cm³/mol. The molecule has 0 N–H and O–H groups in total. The summed E-state index contributed by atoms with van der Waals surface area (Å²) in [6, 6.07) is 4.09. The summed E-state index contributed by atoms with van der Waals surface area (Å²) in [5.74, 6) is 1.05. The SMILES string of the molecule is Clc1cc2c(c(CN3CCOC4(CCOCC4)C3)c1)OCC2. The van der Waals surface area contributed by atoms with Gasteiger partial charge in [0.2, 0.25) is 0 Å². The summed E-state index contributed by atoms with van der Waals surface area (Å²) in [5.41, 5.74) is 2.44. The van der Waals surface area contributed by atoms with Gasteiger partial charge in [0.1, 0.15) is 5.75 Å². The number of morpholine rings is 1. The van der Waals surface area contributed by atoms with E-state index in [1.165, 1.54) is 11.1 Å². The van der Waals surface area contributed by atoms with Gasteiger partial charge in [0, 0.05) is 62.7 Å². The number of nitrogens with zero attached hydrogens (tertiary/aromatic N) is 1. The quantitative estimate of drug-likeness (QED) is 0.837. The van der Waals surface area contributed by atoms with Crippen molar-refractivity contribution < 1.29 is 14.2 Å². The molecule has 1 aromatic carbocycles. The van der Waals surface area contributed by atoms with Gasteiger partial charge in [-0.15, -0.1) is 0 Å².